The number of rotatable bonds is 4. The number of carbonyl (C=O) groups excluding carboxylic acids is 1. The summed E-state index contributed by atoms with van der Waals surface area (Å²) in [6, 6.07) is 4.76. The van der Waals surface area contributed by atoms with Crippen LogP contribution in [0.2, 0.25) is 5.02 Å². The van der Waals surface area contributed by atoms with Crippen LogP contribution in [0.15, 0.2) is 30.0 Å². The fourth-order valence-corrected chi connectivity index (χ4v) is 1.52. The summed E-state index contributed by atoms with van der Waals surface area (Å²) in [5.41, 5.74) is 1.71. The second-order valence-corrected chi connectivity index (χ2v) is 4.90. The van der Waals surface area contributed by atoms with E-state index >= 15 is 0 Å². The van der Waals surface area contributed by atoms with Gasteiger partial charge in [0.2, 0.25) is 0 Å². The Morgan fingerprint density at radius 2 is 2.11 bits per heavy atom. The zero-order valence-electron chi connectivity index (χ0n) is 11.6. The van der Waals surface area contributed by atoms with E-state index in [-0.39, 0.29) is 6.03 Å². The van der Waals surface area contributed by atoms with E-state index in [1.54, 1.807) is 31.5 Å². The van der Waals surface area contributed by atoms with Gasteiger partial charge in [0, 0.05) is 11.9 Å². The minimum Gasteiger partial charge on any atom is -0.495 e. The number of ether oxygens (including phenoxy) is 1. The summed E-state index contributed by atoms with van der Waals surface area (Å²) in [6.07, 6.45) is 1.70. The van der Waals surface area contributed by atoms with Gasteiger partial charge in [-0.05, 0) is 31.0 Å². The molecule has 2 N–H and O–H groups in total. The lowest BCUT2D eigenvalue weighted by Crippen LogP contribution is -2.24. The Balaban J connectivity index is 2.63. The summed E-state index contributed by atoms with van der Waals surface area (Å²) in [5.74, 6) is 0.971. The number of benzene rings is 1. The number of allylic oxidation sites excluding steroid dienone is 1. The highest BCUT2D eigenvalue weighted by Crippen LogP contribution is 2.27. The molecule has 0 bridgehead atoms. The molecule has 0 heterocycles. The monoisotopic (exact) mass is 282 g/mol. The van der Waals surface area contributed by atoms with Gasteiger partial charge in [0.15, 0.2) is 0 Å². The van der Waals surface area contributed by atoms with Crippen LogP contribution in [0.3, 0.4) is 0 Å². The molecule has 104 valence electrons. The number of methoxy groups -OCH3 is 1. The molecular formula is C14H19ClN2O2. The van der Waals surface area contributed by atoms with Gasteiger partial charge < -0.3 is 15.4 Å². The van der Waals surface area contributed by atoms with Crippen LogP contribution in [-0.2, 0) is 0 Å². The van der Waals surface area contributed by atoms with Crippen molar-refractivity contribution in [3.63, 3.8) is 0 Å². The molecule has 0 aliphatic carbocycles. The molecule has 0 fully saturated rings. The summed E-state index contributed by atoms with van der Waals surface area (Å²) < 4.78 is 5.04. The number of hydrogen-bond donors (Lipinski definition) is 2. The fraction of sp³-hybridized carbons (Fsp3) is 0.357. The Morgan fingerprint density at radius 1 is 1.42 bits per heavy atom. The standard InChI is InChI=1S/C14H19ClN2O2/c1-9(2)10(3)8-16-14(18)17-11-5-6-13(19-4)12(15)7-11/h5-9H,1-4H3,(H2,16,17,18)/b10-8+. The van der Waals surface area contributed by atoms with E-state index in [0.717, 1.165) is 5.57 Å². The zero-order valence-corrected chi connectivity index (χ0v) is 12.3. The first-order valence-electron chi connectivity index (χ1n) is 6.01. The number of halogens is 1. The van der Waals surface area contributed by atoms with Gasteiger partial charge in [-0.3, -0.25) is 0 Å². The van der Waals surface area contributed by atoms with Gasteiger partial charge in [0.25, 0.3) is 0 Å². The third-order valence-electron chi connectivity index (χ3n) is 2.75. The van der Waals surface area contributed by atoms with Crippen LogP contribution in [0.1, 0.15) is 20.8 Å². The highest BCUT2D eigenvalue weighted by Gasteiger charge is 2.05. The quantitative estimate of drug-likeness (QED) is 0.876. The Hall–Kier alpha value is -1.68. The van der Waals surface area contributed by atoms with Crippen LogP contribution in [-0.4, -0.2) is 13.1 Å². The lowest BCUT2D eigenvalue weighted by atomic mass is 10.1. The van der Waals surface area contributed by atoms with Crippen molar-refractivity contribution in [1.82, 2.24) is 5.32 Å². The molecule has 2 amide bonds. The number of anilines is 1. The fourth-order valence-electron chi connectivity index (χ4n) is 1.26. The molecular weight excluding hydrogens is 264 g/mol. The Kier molecular flexibility index (Phi) is 5.70. The van der Waals surface area contributed by atoms with Gasteiger partial charge >= 0.3 is 6.03 Å². The van der Waals surface area contributed by atoms with E-state index in [1.807, 2.05) is 6.92 Å². The molecule has 4 nitrogen and oxygen atoms in total. The largest absolute Gasteiger partial charge is 0.495 e. The van der Waals surface area contributed by atoms with Gasteiger partial charge in [-0.1, -0.05) is 31.0 Å². The Labute approximate surface area is 118 Å². The number of hydrogen-bond acceptors (Lipinski definition) is 2. The first-order chi connectivity index (χ1) is 8.93. The summed E-state index contributed by atoms with van der Waals surface area (Å²) >= 11 is 5.97. The van der Waals surface area contributed by atoms with E-state index in [4.69, 9.17) is 16.3 Å². The SMILES string of the molecule is COc1ccc(NC(=O)N/C=C(\C)C(C)C)cc1Cl. The maximum absolute atomic E-state index is 11.7. The van der Waals surface area contributed by atoms with Crippen LogP contribution in [0.25, 0.3) is 0 Å². The second kappa shape index (κ2) is 7.04. The van der Waals surface area contributed by atoms with Crippen LogP contribution in [0.4, 0.5) is 10.5 Å². The smallest absolute Gasteiger partial charge is 0.323 e. The van der Waals surface area contributed by atoms with Crippen LogP contribution in [0.5, 0.6) is 5.75 Å². The van der Waals surface area contributed by atoms with E-state index in [0.29, 0.717) is 22.4 Å². The van der Waals surface area contributed by atoms with Gasteiger partial charge in [0.05, 0.1) is 12.1 Å². The topological polar surface area (TPSA) is 50.4 Å². The van der Waals surface area contributed by atoms with Crippen molar-refractivity contribution in [3.05, 3.63) is 35.0 Å². The number of carbonyl (C=O) groups is 1. The molecule has 0 aliphatic rings. The van der Waals surface area contributed by atoms with E-state index in [1.165, 1.54) is 0 Å². The summed E-state index contributed by atoms with van der Waals surface area (Å²) in [4.78, 5) is 11.7. The lowest BCUT2D eigenvalue weighted by molar-refractivity contribution is 0.255. The van der Waals surface area contributed by atoms with Crippen LogP contribution >= 0.6 is 11.6 Å². The molecule has 0 spiro atoms. The highest BCUT2D eigenvalue weighted by atomic mass is 35.5. The van der Waals surface area contributed by atoms with Gasteiger partial charge in [-0.2, -0.15) is 0 Å². The normalized spacial score (nSPS) is 11.4. The maximum Gasteiger partial charge on any atom is 0.323 e. The molecule has 0 radical (unpaired) electrons. The molecule has 5 heteroatoms. The predicted molar refractivity (Wildman–Crippen MR) is 78.8 cm³/mol. The molecule has 1 aromatic carbocycles. The average molecular weight is 283 g/mol. The van der Waals surface area contributed by atoms with E-state index in [9.17, 15) is 4.79 Å². The summed E-state index contributed by atoms with van der Waals surface area (Å²) in [5, 5.41) is 5.82. The molecule has 0 saturated heterocycles. The predicted octanol–water partition coefficient (Wildman–Crippen LogP) is 4.03. The lowest BCUT2D eigenvalue weighted by Gasteiger charge is -2.09. The van der Waals surface area contributed by atoms with Crippen molar-refractivity contribution in [3.8, 4) is 5.75 Å². The maximum atomic E-state index is 11.7. The van der Waals surface area contributed by atoms with Crippen molar-refractivity contribution in [1.29, 1.82) is 0 Å². The second-order valence-electron chi connectivity index (χ2n) is 4.49. The van der Waals surface area contributed by atoms with E-state index < -0.39 is 0 Å². The first kappa shape index (κ1) is 15.4. The molecule has 0 saturated carbocycles. The van der Waals surface area contributed by atoms with Crippen molar-refractivity contribution < 1.29 is 9.53 Å². The molecule has 1 aromatic rings. The van der Waals surface area contributed by atoms with Gasteiger partial charge in [-0.15, -0.1) is 0 Å². The Morgan fingerprint density at radius 3 is 2.63 bits per heavy atom. The van der Waals surface area contributed by atoms with Gasteiger partial charge in [0.1, 0.15) is 5.75 Å². The number of amides is 2. The third-order valence-corrected chi connectivity index (χ3v) is 3.05. The molecule has 0 atom stereocenters. The third kappa shape index (κ3) is 4.83. The van der Waals surface area contributed by atoms with Crippen LogP contribution < -0.4 is 15.4 Å². The van der Waals surface area contributed by atoms with Crippen LogP contribution in [0, 0.1) is 5.92 Å². The number of urea groups is 1. The molecule has 0 aromatic heterocycles. The van der Waals surface area contributed by atoms with Crippen molar-refractivity contribution in [2.75, 3.05) is 12.4 Å². The summed E-state index contributed by atoms with van der Waals surface area (Å²) in [7, 11) is 1.54. The number of nitrogens with one attached hydrogen (secondary N) is 2. The Bertz CT molecular complexity index is 484. The minimum absolute atomic E-state index is 0.304. The van der Waals surface area contributed by atoms with E-state index in [2.05, 4.69) is 24.5 Å². The minimum atomic E-state index is -0.304. The molecule has 0 unspecified atom stereocenters. The molecule has 19 heavy (non-hydrogen) atoms. The molecule has 0 aliphatic heterocycles. The first-order valence-corrected chi connectivity index (χ1v) is 6.39. The van der Waals surface area contributed by atoms with Crippen molar-refractivity contribution in [2.24, 2.45) is 5.92 Å². The average Bonchev–Trinajstić information content (AvgIpc) is 2.36. The van der Waals surface area contributed by atoms with Gasteiger partial charge in [-0.25, -0.2) is 4.79 Å². The van der Waals surface area contributed by atoms with Crippen molar-refractivity contribution >= 4 is 23.3 Å². The highest BCUT2D eigenvalue weighted by molar-refractivity contribution is 6.32. The summed E-state index contributed by atoms with van der Waals surface area (Å²) in [6.45, 7) is 6.10. The molecule has 1 rings (SSSR count). The zero-order chi connectivity index (χ0) is 14.4. The van der Waals surface area contributed by atoms with Crippen molar-refractivity contribution in [2.45, 2.75) is 20.8 Å².